The number of hydrogen-bond donors (Lipinski definition) is 2. The lowest BCUT2D eigenvalue weighted by atomic mass is 10.2. The number of nitrogens with two attached hydrogens (primary N) is 1. The first-order valence-corrected chi connectivity index (χ1v) is 4.78. The minimum atomic E-state index is -0.140. The van der Waals surface area contributed by atoms with Gasteiger partial charge in [0.25, 0.3) is 0 Å². The molecular formula is C10H17N3O2. The van der Waals surface area contributed by atoms with Crippen molar-refractivity contribution in [3.63, 3.8) is 0 Å². The first-order chi connectivity index (χ1) is 7.04. The minimum Gasteiger partial charge on any atom is -0.464 e. The van der Waals surface area contributed by atoms with E-state index in [4.69, 9.17) is 10.2 Å². The Morgan fingerprint density at radius 3 is 2.73 bits per heavy atom. The van der Waals surface area contributed by atoms with Crippen LogP contribution in [0.15, 0.2) is 10.5 Å². The van der Waals surface area contributed by atoms with E-state index in [0.29, 0.717) is 13.1 Å². The van der Waals surface area contributed by atoms with Gasteiger partial charge in [-0.2, -0.15) is 0 Å². The van der Waals surface area contributed by atoms with Gasteiger partial charge in [-0.25, -0.2) is 4.79 Å². The number of amides is 2. The summed E-state index contributed by atoms with van der Waals surface area (Å²) in [6.07, 6.45) is 0. The maximum Gasteiger partial charge on any atom is 0.317 e. The largest absolute Gasteiger partial charge is 0.464 e. The van der Waals surface area contributed by atoms with E-state index in [0.717, 1.165) is 17.1 Å². The van der Waals surface area contributed by atoms with Crippen molar-refractivity contribution in [2.24, 2.45) is 5.73 Å². The third-order valence-electron chi connectivity index (χ3n) is 2.11. The minimum absolute atomic E-state index is 0.140. The predicted molar refractivity (Wildman–Crippen MR) is 57.3 cm³/mol. The molecule has 0 fully saturated rings. The molecule has 0 aromatic carbocycles. The van der Waals surface area contributed by atoms with Crippen molar-refractivity contribution < 1.29 is 9.21 Å². The molecule has 1 heterocycles. The fourth-order valence-electron chi connectivity index (χ4n) is 1.20. The third-order valence-corrected chi connectivity index (χ3v) is 2.11. The average Bonchev–Trinajstić information content (AvgIpc) is 2.55. The van der Waals surface area contributed by atoms with Gasteiger partial charge in [0.15, 0.2) is 0 Å². The highest BCUT2D eigenvalue weighted by Gasteiger charge is 2.08. The van der Waals surface area contributed by atoms with Gasteiger partial charge in [0.2, 0.25) is 0 Å². The van der Waals surface area contributed by atoms with Crippen LogP contribution in [0, 0.1) is 6.92 Å². The van der Waals surface area contributed by atoms with E-state index >= 15 is 0 Å². The number of carbonyl (C=O) groups excluding carboxylic acids is 1. The fraction of sp³-hybridized carbons (Fsp3) is 0.500. The second-order valence-electron chi connectivity index (χ2n) is 3.55. The topological polar surface area (TPSA) is 71.5 Å². The van der Waals surface area contributed by atoms with Crippen molar-refractivity contribution in [1.82, 2.24) is 10.2 Å². The summed E-state index contributed by atoms with van der Waals surface area (Å²) in [4.78, 5) is 12.7. The average molecular weight is 211 g/mol. The van der Waals surface area contributed by atoms with Crippen LogP contribution in [0.3, 0.4) is 0 Å². The first kappa shape index (κ1) is 11.6. The second-order valence-corrected chi connectivity index (χ2v) is 3.55. The molecule has 0 aliphatic carbocycles. The highest BCUT2D eigenvalue weighted by Crippen LogP contribution is 2.13. The summed E-state index contributed by atoms with van der Waals surface area (Å²) in [5.74, 6) is 1.54. The van der Waals surface area contributed by atoms with E-state index in [-0.39, 0.29) is 6.03 Å². The van der Waals surface area contributed by atoms with Gasteiger partial charge in [-0.3, -0.25) is 0 Å². The Balaban J connectivity index is 2.54. The second kappa shape index (κ2) is 4.84. The summed E-state index contributed by atoms with van der Waals surface area (Å²) in [5.41, 5.74) is 6.49. The monoisotopic (exact) mass is 211 g/mol. The van der Waals surface area contributed by atoms with E-state index < -0.39 is 0 Å². The molecule has 15 heavy (non-hydrogen) atoms. The predicted octanol–water partition coefficient (Wildman–Crippen LogP) is 0.818. The van der Waals surface area contributed by atoms with Crippen LogP contribution in [0.5, 0.6) is 0 Å². The molecule has 84 valence electrons. The van der Waals surface area contributed by atoms with Gasteiger partial charge in [-0.15, -0.1) is 0 Å². The van der Waals surface area contributed by atoms with Gasteiger partial charge in [0.05, 0.1) is 6.54 Å². The highest BCUT2D eigenvalue weighted by molar-refractivity contribution is 5.73. The molecule has 1 aromatic rings. The molecule has 0 aliphatic rings. The van der Waals surface area contributed by atoms with E-state index in [9.17, 15) is 4.79 Å². The van der Waals surface area contributed by atoms with Gasteiger partial charge < -0.3 is 20.4 Å². The molecule has 0 spiro atoms. The quantitative estimate of drug-likeness (QED) is 0.777. The molecule has 0 saturated heterocycles. The zero-order chi connectivity index (χ0) is 11.4. The van der Waals surface area contributed by atoms with E-state index in [2.05, 4.69) is 5.32 Å². The van der Waals surface area contributed by atoms with Gasteiger partial charge in [-0.1, -0.05) is 0 Å². The number of rotatable bonds is 3. The van der Waals surface area contributed by atoms with E-state index in [1.807, 2.05) is 13.0 Å². The van der Waals surface area contributed by atoms with Crippen molar-refractivity contribution in [3.05, 3.63) is 23.2 Å². The Morgan fingerprint density at radius 1 is 1.60 bits per heavy atom. The molecule has 0 unspecified atom stereocenters. The van der Waals surface area contributed by atoms with Crippen molar-refractivity contribution in [2.45, 2.75) is 20.0 Å². The number of nitrogens with one attached hydrogen (secondary N) is 1. The maximum atomic E-state index is 11.2. The first-order valence-electron chi connectivity index (χ1n) is 4.78. The Bertz CT molecular complexity index is 344. The molecule has 0 saturated carbocycles. The molecule has 1 rings (SSSR count). The van der Waals surface area contributed by atoms with Crippen LogP contribution < -0.4 is 11.1 Å². The summed E-state index contributed by atoms with van der Waals surface area (Å²) in [6, 6.07) is 1.73. The van der Waals surface area contributed by atoms with Crippen LogP contribution in [0.2, 0.25) is 0 Å². The molecule has 5 heteroatoms. The summed E-state index contributed by atoms with van der Waals surface area (Å²) in [6.45, 7) is 2.70. The lowest BCUT2D eigenvalue weighted by Gasteiger charge is -2.10. The lowest BCUT2D eigenvalue weighted by molar-refractivity contribution is 0.216. The molecule has 0 bridgehead atoms. The Hall–Kier alpha value is -1.49. The fourth-order valence-corrected chi connectivity index (χ4v) is 1.20. The van der Waals surface area contributed by atoms with Gasteiger partial charge in [0, 0.05) is 26.2 Å². The van der Waals surface area contributed by atoms with Gasteiger partial charge in [0.1, 0.15) is 11.5 Å². The van der Waals surface area contributed by atoms with Crippen LogP contribution in [0.4, 0.5) is 4.79 Å². The van der Waals surface area contributed by atoms with Crippen LogP contribution in [-0.4, -0.2) is 25.0 Å². The zero-order valence-corrected chi connectivity index (χ0v) is 9.33. The Morgan fingerprint density at radius 2 is 2.27 bits per heavy atom. The van der Waals surface area contributed by atoms with Gasteiger partial charge in [-0.05, 0) is 13.0 Å². The molecular weight excluding hydrogens is 194 g/mol. The van der Waals surface area contributed by atoms with Crippen LogP contribution >= 0.6 is 0 Å². The van der Waals surface area contributed by atoms with Crippen LogP contribution in [0.25, 0.3) is 0 Å². The number of carbonyl (C=O) groups is 1. The summed E-state index contributed by atoms with van der Waals surface area (Å²) >= 11 is 0. The molecule has 0 aliphatic heterocycles. The Kier molecular flexibility index (Phi) is 3.74. The molecule has 2 amide bonds. The third kappa shape index (κ3) is 2.99. The van der Waals surface area contributed by atoms with E-state index in [1.54, 1.807) is 14.1 Å². The van der Waals surface area contributed by atoms with Crippen molar-refractivity contribution in [3.8, 4) is 0 Å². The standard InChI is InChI=1S/C10H17N3O2/c1-7-8(5-11)4-9(15-7)6-12-10(14)13(2)3/h4H,5-6,11H2,1-3H3,(H,12,14). The maximum absolute atomic E-state index is 11.2. The lowest BCUT2D eigenvalue weighted by Crippen LogP contribution is -2.33. The zero-order valence-electron chi connectivity index (χ0n) is 9.33. The molecule has 5 nitrogen and oxygen atoms in total. The van der Waals surface area contributed by atoms with E-state index in [1.165, 1.54) is 4.90 Å². The molecule has 0 atom stereocenters. The smallest absolute Gasteiger partial charge is 0.317 e. The van der Waals surface area contributed by atoms with Crippen molar-refractivity contribution in [2.75, 3.05) is 14.1 Å². The SMILES string of the molecule is Cc1oc(CNC(=O)N(C)C)cc1CN. The van der Waals surface area contributed by atoms with Gasteiger partial charge >= 0.3 is 6.03 Å². The number of aryl methyl sites for hydroxylation is 1. The molecule has 0 radical (unpaired) electrons. The number of hydrogen-bond acceptors (Lipinski definition) is 3. The summed E-state index contributed by atoms with van der Waals surface area (Å²) < 4.78 is 5.42. The molecule has 1 aromatic heterocycles. The summed E-state index contributed by atoms with van der Waals surface area (Å²) in [5, 5.41) is 2.72. The summed E-state index contributed by atoms with van der Waals surface area (Å²) in [7, 11) is 3.38. The van der Waals surface area contributed by atoms with Crippen LogP contribution in [0.1, 0.15) is 17.1 Å². The number of furan rings is 1. The molecule has 3 N–H and O–H groups in total. The number of urea groups is 1. The van der Waals surface area contributed by atoms with Crippen molar-refractivity contribution in [1.29, 1.82) is 0 Å². The normalized spacial score (nSPS) is 10.1. The number of nitrogens with zero attached hydrogens (tertiary/aromatic N) is 1. The van der Waals surface area contributed by atoms with Crippen LogP contribution in [-0.2, 0) is 13.1 Å². The highest BCUT2D eigenvalue weighted by atomic mass is 16.3. The van der Waals surface area contributed by atoms with Crippen molar-refractivity contribution >= 4 is 6.03 Å². The Labute approximate surface area is 89.2 Å².